The van der Waals surface area contributed by atoms with Crippen molar-refractivity contribution in [2.45, 2.75) is 39.3 Å². The lowest BCUT2D eigenvalue weighted by atomic mass is 10.2. The van der Waals surface area contributed by atoms with Crippen molar-refractivity contribution in [3.8, 4) is 5.75 Å². The lowest BCUT2D eigenvalue weighted by molar-refractivity contribution is -0.128. The maximum atomic E-state index is 13.9. The molecule has 1 rings (SSSR count). The van der Waals surface area contributed by atoms with Gasteiger partial charge in [0, 0.05) is 38.7 Å². The highest BCUT2D eigenvalue weighted by Gasteiger charge is 2.11. The van der Waals surface area contributed by atoms with Gasteiger partial charge in [0.25, 0.3) is 0 Å². The molecule has 118 valence electrons. The molecule has 0 aliphatic heterocycles. The molecule has 0 saturated heterocycles. The number of nitrogens with one attached hydrogen (secondary N) is 1. The van der Waals surface area contributed by atoms with Gasteiger partial charge in [0.15, 0.2) is 11.6 Å². The molecule has 0 fully saturated rings. The molecule has 0 unspecified atom stereocenters. The number of amides is 1. The highest BCUT2D eigenvalue weighted by atomic mass is 19.1. The van der Waals surface area contributed by atoms with E-state index in [1.807, 2.05) is 19.9 Å². The van der Waals surface area contributed by atoms with Crippen LogP contribution in [0.4, 0.5) is 4.39 Å². The molecule has 1 aromatic rings. The summed E-state index contributed by atoms with van der Waals surface area (Å²) in [5.41, 5.74) is 0.794. The molecule has 0 aliphatic rings. The number of carbonyl (C=O) groups is 1. The summed E-state index contributed by atoms with van der Waals surface area (Å²) >= 11 is 0. The van der Waals surface area contributed by atoms with Crippen molar-refractivity contribution in [1.29, 1.82) is 0 Å². The lowest BCUT2D eigenvalue weighted by Gasteiger charge is -2.15. The molecule has 0 atom stereocenters. The number of para-hydroxylation sites is 1. The molecule has 0 spiro atoms. The van der Waals surface area contributed by atoms with Crippen molar-refractivity contribution in [1.82, 2.24) is 10.2 Å². The number of carbonyl (C=O) groups excluding carboxylic acids is 1. The molecular weight excluding hydrogens is 271 g/mol. The molecule has 0 heterocycles. The summed E-state index contributed by atoms with van der Waals surface area (Å²) in [5.74, 6) is -0.0335. The minimum absolute atomic E-state index is 0.0498. The van der Waals surface area contributed by atoms with E-state index in [0.717, 1.165) is 5.56 Å². The van der Waals surface area contributed by atoms with Crippen molar-refractivity contribution in [3.63, 3.8) is 0 Å². The zero-order valence-corrected chi connectivity index (χ0v) is 13.3. The minimum atomic E-state index is -0.364. The standard InChI is InChI=1S/C16H25FN2O2/c1-12(2)18-11-13-7-5-8-14(17)16(13)21-10-6-9-15(20)19(3)4/h5,7-8,12,18H,6,9-11H2,1-4H3. The fourth-order valence-corrected chi connectivity index (χ4v) is 1.79. The first-order chi connectivity index (χ1) is 9.91. The average Bonchev–Trinajstić information content (AvgIpc) is 2.42. The fourth-order valence-electron chi connectivity index (χ4n) is 1.79. The van der Waals surface area contributed by atoms with Crippen molar-refractivity contribution in [3.05, 3.63) is 29.6 Å². The predicted molar refractivity (Wildman–Crippen MR) is 81.8 cm³/mol. The third kappa shape index (κ3) is 6.12. The van der Waals surface area contributed by atoms with E-state index in [9.17, 15) is 9.18 Å². The molecule has 21 heavy (non-hydrogen) atoms. The molecular formula is C16H25FN2O2. The number of halogens is 1. The van der Waals surface area contributed by atoms with Crippen LogP contribution in [0.15, 0.2) is 18.2 Å². The third-order valence-electron chi connectivity index (χ3n) is 3.03. The Morgan fingerprint density at radius 3 is 2.71 bits per heavy atom. The van der Waals surface area contributed by atoms with Crippen LogP contribution in [0.5, 0.6) is 5.75 Å². The van der Waals surface area contributed by atoms with Crippen LogP contribution in [0.2, 0.25) is 0 Å². The summed E-state index contributed by atoms with van der Waals surface area (Å²) < 4.78 is 19.4. The van der Waals surface area contributed by atoms with E-state index in [4.69, 9.17) is 4.74 Å². The molecule has 1 N–H and O–H groups in total. The molecule has 5 heteroatoms. The van der Waals surface area contributed by atoms with Crippen LogP contribution in [0.25, 0.3) is 0 Å². The van der Waals surface area contributed by atoms with Crippen LogP contribution in [-0.4, -0.2) is 37.6 Å². The van der Waals surface area contributed by atoms with E-state index in [1.54, 1.807) is 25.1 Å². The first kappa shape index (κ1) is 17.4. The normalized spacial score (nSPS) is 10.8. The molecule has 0 aliphatic carbocycles. The van der Waals surface area contributed by atoms with Crippen molar-refractivity contribution < 1.29 is 13.9 Å². The highest BCUT2D eigenvalue weighted by Crippen LogP contribution is 2.23. The number of hydrogen-bond acceptors (Lipinski definition) is 3. The number of ether oxygens (including phenoxy) is 1. The summed E-state index contributed by atoms with van der Waals surface area (Å²) in [4.78, 5) is 13.0. The lowest BCUT2D eigenvalue weighted by Crippen LogP contribution is -2.23. The van der Waals surface area contributed by atoms with Gasteiger partial charge in [-0.25, -0.2) is 4.39 Å². The zero-order valence-electron chi connectivity index (χ0n) is 13.3. The number of benzene rings is 1. The molecule has 4 nitrogen and oxygen atoms in total. The minimum Gasteiger partial charge on any atom is -0.490 e. The van der Waals surface area contributed by atoms with Gasteiger partial charge in [0.05, 0.1) is 6.61 Å². The Morgan fingerprint density at radius 1 is 1.38 bits per heavy atom. The first-order valence-corrected chi connectivity index (χ1v) is 7.25. The molecule has 1 amide bonds. The summed E-state index contributed by atoms with van der Waals surface area (Å²) in [5, 5.41) is 3.25. The van der Waals surface area contributed by atoms with E-state index in [-0.39, 0.29) is 17.5 Å². The molecule has 0 radical (unpaired) electrons. The Bertz CT molecular complexity index is 462. The van der Waals surface area contributed by atoms with E-state index < -0.39 is 0 Å². The maximum Gasteiger partial charge on any atom is 0.222 e. The second-order valence-electron chi connectivity index (χ2n) is 5.50. The zero-order chi connectivity index (χ0) is 15.8. The van der Waals surface area contributed by atoms with Gasteiger partial charge in [0.2, 0.25) is 5.91 Å². The van der Waals surface area contributed by atoms with Crippen molar-refractivity contribution >= 4 is 5.91 Å². The Kier molecular flexibility index (Phi) is 7.15. The molecule has 0 bridgehead atoms. The van der Waals surface area contributed by atoms with Gasteiger partial charge in [-0.3, -0.25) is 4.79 Å². The van der Waals surface area contributed by atoms with Gasteiger partial charge in [-0.05, 0) is 12.5 Å². The van der Waals surface area contributed by atoms with Gasteiger partial charge in [0.1, 0.15) is 0 Å². The average molecular weight is 296 g/mol. The Balaban J connectivity index is 2.55. The molecule has 0 saturated carbocycles. The van der Waals surface area contributed by atoms with Crippen molar-refractivity contribution in [2.75, 3.05) is 20.7 Å². The van der Waals surface area contributed by atoms with Crippen LogP contribution in [0.1, 0.15) is 32.3 Å². The Morgan fingerprint density at radius 2 is 2.10 bits per heavy atom. The molecule has 0 aromatic heterocycles. The summed E-state index contributed by atoms with van der Waals surface area (Å²) in [7, 11) is 3.44. The van der Waals surface area contributed by atoms with Gasteiger partial charge in [-0.15, -0.1) is 0 Å². The molecule has 1 aromatic carbocycles. The van der Waals surface area contributed by atoms with Gasteiger partial charge < -0.3 is 15.0 Å². The fraction of sp³-hybridized carbons (Fsp3) is 0.562. The van der Waals surface area contributed by atoms with Gasteiger partial charge >= 0.3 is 0 Å². The van der Waals surface area contributed by atoms with E-state index in [0.29, 0.717) is 32.0 Å². The number of rotatable bonds is 8. The third-order valence-corrected chi connectivity index (χ3v) is 3.03. The van der Waals surface area contributed by atoms with E-state index in [1.165, 1.54) is 6.07 Å². The number of hydrogen-bond donors (Lipinski definition) is 1. The summed E-state index contributed by atoms with van der Waals surface area (Å²) in [6.45, 7) is 4.95. The van der Waals surface area contributed by atoms with Crippen LogP contribution in [0.3, 0.4) is 0 Å². The predicted octanol–water partition coefficient (Wildman–Crippen LogP) is 2.57. The number of nitrogens with zero attached hydrogens (tertiary/aromatic N) is 1. The summed E-state index contributed by atoms with van der Waals surface area (Å²) in [6.07, 6.45) is 0.976. The van der Waals surface area contributed by atoms with Gasteiger partial charge in [-0.1, -0.05) is 26.0 Å². The highest BCUT2D eigenvalue weighted by molar-refractivity contribution is 5.75. The Labute approximate surface area is 126 Å². The second-order valence-corrected chi connectivity index (χ2v) is 5.50. The SMILES string of the molecule is CC(C)NCc1cccc(F)c1OCCCC(=O)N(C)C. The Hall–Kier alpha value is -1.62. The summed E-state index contributed by atoms with van der Waals surface area (Å²) in [6, 6.07) is 5.23. The van der Waals surface area contributed by atoms with Crippen LogP contribution >= 0.6 is 0 Å². The first-order valence-electron chi connectivity index (χ1n) is 7.25. The van der Waals surface area contributed by atoms with Crippen LogP contribution in [-0.2, 0) is 11.3 Å². The smallest absolute Gasteiger partial charge is 0.222 e. The quantitative estimate of drug-likeness (QED) is 0.750. The van der Waals surface area contributed by atoms with E-state index in [2.05, 4.69) is 5.32 Å². The van der Waals surface area contributed by atoms with E-state index >= 15 is 0 Å². The van der Waals surface area contributed by atoms with Crippen LogP contribution in [0, 0.1) is 5.82 Å². The monoisotopic (exact) mass is 296 g/mol. The largest absolute Gasteiger partial charge is 0.490 e. The van der Waals surface area contributed by atoms with Crippen molar-refractivity contribution in [2.24, 2.45) is 0 Å². The maximum absolute atomic E-state index is 13.9. The van der Waals surface area contributed by atoms with Gasteiger partial charge in [-0.2, -0.15) is 0 Å². The van der Waals surface area contributed by atoms with Crippen LogP contribution < -0.4 is 10.1 Å². The second kappa shape index (κ2) is 8.62. The topological polar surface area (TPSA) is 41.6 Å².